The largest absolute Gasteiger partial charge is 0.392 e. The van der Waals surface area contributed by atoms with E-state index >= 15 is 0 Å². The van der Waals surface area contributed by atoms with Crippen molar-refractivity contribution in [3.8, 4) is 0 Å². The molecule has 1 aromatic carbocycles. The molecule has 0 amide bonds. The van der Waals surface area contributed by atoms with Crippen LogP contribution in [0.5, 0.6) is 0 Å². The molecule has 1 saturated heterocycles. The maximum absolute atomic E-state index is 9.16. The van der Waals surface area contributed by atoms with E-state index < -0.39 is 0 Å². The van der Waals surface area contributed by atoms with Crippen LogP contribution in [0.1, 0.15) is 24.0 Å². The summed E-state index contributed by atoms with van der Waals surface area (Å²) in [6.45, 7) is 3.14. The Hall–Kier alpha value is -0.900. The second kappa shape index (κ2) is 5.61. The SMILES string of the molecule is CN1C[C@H]2CC[C@@H](C1)C2OCc1cccc(CO)c1. The van der Waals surface area contributed by atoms with Gasteiger partial charge in [-0.1, -0.05) is 24.3 Å². The minimum atomic E-state index is 0.104. The van der Waals surface area contributed by atoms with E-state index in [2.05, 4.69) is 18.0 Å². The molecule has 1 aliphatic carbocycles. The molecule has 3 rings (SSSR count). The van der Waals surface area contributed by atoms with E-state index in [1.807, 2.05) is 18.2 Å². The van der Waals surface area contributed by atoms with Crippen molar-refractivity contribution in [2.75, 3.05) is 20.1 Å². The second-order valence-corrected chi connectivity index (χ2v) is 6.07. The van der Waals surface area contributed by atoms with Gasteiger partial charge in [-0.2, -0.15) is 0 Å². The van der Waals surface area contributed by atoms with Gasteiger partial charge in [0.2, 0.25) is 0 Å². The van der Waals surface area contributed by atoms with Crippen LogP contribution in [0.2, 0.25) is 0 Å². The molecule has 2 aliphatic rings. The third-order valence-corrected chi connectivity index (χ3v) is 4.55. The van der Waals surface area contributed by atoms with Gasteiger partial charge in [-0.25, -0.2) is 0 Å². The summed E-state index contributed by atoms with van der Waals surface area (Å²) < 4.78 is 6.20. The maximum atomic E-state index is 9.16. The Labute approximate surface area is 115 Å². The fourth-order valence-electron chi connectivity index (χ4n) is 3.69. The molecule has 3 heteroatoms. The standard InChI is InChI=1S/C16H23NO2/c1-17-8-14-5-6-15(9-17)16(14)19-11-13-4-2-3-12(7-13)10-18/h2-4,7,14-16,18H,5-6,8-11H2,1H3/t14-,15+,16?. The molecular weight excluding hydrogens is 238 g/mol. The normalized spacial score (nSPS) is 30.7. The third-order valence-electron chi connectivity index (χ3n) is 4.55. The number of piperidine rings is 1. The lowest BCUT2D eigenvalue weighted by molar-refractivity contribution is -0.0460. The van der Waals surface area contributed by atoms with Crippen molar-refractivity contribution in [3.05, 3.63) is 35.4 Å². The maximum Gasteiger partial charge on any atom is 0.0721 e. The molecule has 3 atom stereocenters. The van der Waals surface area contributed by atoms with Crippen LogP contribution in [0.3, 0.4) is 0 Å². The number of rotatable bonds is 4. The summed E-state index contributed by atoms with van der Waals surface area (Å²) in [5, 5.41) is 9.16. The Balaban J connectivity index is 1.60. The number of hydrogen-bond acceptors (Lipinski definition) is 3. The molecule has 0 radical (unpaired) electrons. The number of aliphatic hydroxyl groups excluding tert-OH is 1. The van der Waals surface area contributed by atoms with Gasteiger partial charge >= 0.3 is 0 Å². The molecular formula is C16H23NO2. The van der Waals surface area contributed by atoms with Crippen molar-refractivity contribution >= 4 is 0 Å². The van der Waals surface area contributed by atoms with Gasteiger partial charge < -0.3 is 14.7 Å². The van der Waals surface area contributed by atoms with Crippen LogP contribution in [-0.2, 0) is 18.0 Å². The van der Waals surface area contributed by atoms with Crippen LogP contribution in [0.25, 0.3) is 0 Å². The summed E-state index contributed by atoms with van der Waals surface area (Å²) in [7, 11) is 2.21. The van der Waals surface area contributed by atoms with Crippen molar-refractivity contribution in [2.45, 2.75) is 32.2 Å². The van der Waals surface area contributed by atoms with Crippen molar-refractivity contribution in [1.82, 2.24) is 4.90 Å². The van der Waals surface area contributed by atoms with Gasteiger partial charge in [0.25, 0.3) is 0 Å². The monoisotopic (exact) mass is 261 g/mol. The molecule has 2 bridgehead atoms. The molecule has 0 aromatic heterocycles. The molecule has 3 nitrogen and oxygen atoms in total. The van der Waals surface area contributed by atoms with Gasteiger partial charge in [0.1, 0.15) is 0 Å². The predicted molar refractivity (Wildman–Crippen MR) is 74.7 cm³/mol. The Kier molecular flexibility index (Phi) is 3.87. The molecule has 2 fully saturated rings. The van der Waals surface area contributed by atoms with E-state index in [0.717, 1.165) is 5.56 Å². The van der Waals surface area contributed by atoms with E-state index in [1.54, 1.807) is 0 Å². The Morgan fingerprint density at radius 3 is 2.58 bits per heavy atom. The van der Waals surface area contributed by atoms with Crippen molar-refractivity contribution in [1.29, 1.82) is 0 Å². The molecule has 0 spiro atoms. The van der Waals surface area contributed by atoms with Crippen LogP contribution in [0.4, 0.5) is 0 Å². The third kappa shape index (κ3) is 2.83. The highest BCUT2D eigenvalue weighted by Crippen LogP contribution is 2.38. The van der Waals surface area contributed by atoms with Crippen LogP contribution >= 0.6 is 0 Å². The number of ether oxygens (including phenoxy) is 1. The van der Waals surface area contributed by atoms with E-state index in [9.17, 15) is 0 Å². The summed E-state index contributed by atoms with van der Waals surface area (Å²) in [4.78, 5) is 2.44. The number of nitrogens with zero attached hydrogens (tertiary/aromatic N) is 1. The molecule has 1 N–H and O–H groups in total. The van der Waals surface area contributed by atoms with Gasteiger partial charge in [-0.3, -0.25) is 0 Å². The minimum absolute atomic E-state index is 0.104. The van der Waals surface area contributed by atoms with Gasteiger partial charge in [-0.15, -0.1) is 0 Å². The number of benzene rings is 1. The van der Waals surface area contributed by atoms with Crippen molar-refractivity contribution < 1.29 is 9.84 Å². The highest BCUT2D eigenvalue weighted by atomic mass is 16.5. The van der Waals surface area contributed by atoms with Crippen LogP contribution in [-0.4, -0.2) is 36.2 Å². The quantitative estimate of drug-likeness (QED) is 0.900. The summed E-state index contributed by atoms with van der Waals surface area (Å²) in [6.07, 6.45) is 3.07. The molecule has 1 aliphatic heterocycles. The highest BCUT2D eigenvalue weighted by molar-refractivity contribution is 5.22. The first-order valence-electron chi connectivity index (χ1n) is 7.25. The Morgan fingerprint density at radius 1 is 1.21 bits per heavy atom. The predicted octanol–water partition coefficient (Wildman–Crippen LogP) is 2.04. The van der Waals surface area contributed by atoms with Crippen molar-refractivity contribution in [3.63, 3.8) is 0 Å². The first-order chi connectivity index (χ1) is 9.26. The first kappa shape index (κ1) is 13.1. The molecule has 1 aromatic rings. The van der Waals surface area contributed by atoms with Crippen molar-refractivity contribution in [2.24, 2.45) is 11.8 Å². The Bertz CT molecular complexity index is 421. The number of fused-ring (bicyclic) bond motifs is 2. The summed E-state index contributed by atoms with van der Waals surface area (Å²) in [6, 6.07) is 8.06. The summed E-state index contributed by atoms with van der Waals surface area (Å²) >= 11 is 0. The van der Waals surface area contributed by atoms with Crippen LogP contribution < -0.4 is 0 Å². The lowest BCUT2D eigenvalue weighted by atomic mass is 9.95. The van der Waals surface area contributed by atoms with Gasteiger partial charge in [0.05, 0.1) is 19.3 Å². The lowest BCUT2D eigenvalue weighted by Crippen LogP contribution is -2.43. The van der Waals surface area contributed by atoms with E-state index in [-0.39, 0.29) is 6.61 Å². The van der Waals surface area contributed by atoms with Crippen LogP contribution in [0.15, 0.2) is 24.3 Å². The average molecular weight is 261 g/mol. The van der Waals surface area contributed by atoms with Gasteiger partial charge in [-0.05, 0) is 42.9 Å². The molecule has 1 heterocycles. The zero-order chi connectivity index (χ0) is 13.2. The topological polar surface area (TPSA) is 32.7 Å². The first-order valence-corrected chi connectivity index (χ1v) is 7.25. The highest BCUT2D eigenvalue weighted by Gasteiger charge is 2.41. The fraction of sp³-hybridized carbons (Fsp3) is 0.625. The molecule has 104 valence electrons. The number of hydrogen-bond donors (Lipinski definition) is 1. The second-order valence-electron chi connectivity index (χ2n) is 6.07. The Morgan fingerprint density at radius 2 is 1.89 bits per heavy atom. The molecule has 1 saturated carbocycles. The average Bonchev–Trinajstić information content (AvgIpc) is 2.67. The number of likely N-dealkylation sites (tertiary alicyclic amines) is 1. The van der Waals surface area contributed by atoms with E-state index in [0.29, 0.717) is 24.5 Å². The smallest absolute Gasteiger partial charge is 0.0721 e. The molecule has 1 unspecified atom stereocenters. The van der Waals surface area contributed by atoms with E-state index in [4.69, 9.17) is 9.84 Å². The van der Waals surface area contributed by atoms with E-state index in [1.165, 1.54) is 31.5 Å². The zero-order valence-corrected chi connectivity index (χ0v) is 11.6. The van der Waals surface area contributed by atoms with Gasteiger partial charge in [0.15, 0.2) is 0 Å². The summed E-state index contributed by atoms with van der Waals surface area (Å²) in [5.74, 6) is 1.43. The summed E-state index contributed by atoms with van der Waals surface area (Å²) in [5.41, 5.74) is 2.14. The minimum Gasteiger partial charge on any atom is -0.392 e. The fourth-order valence-corrected chi connectivity index (χ4v) is 3.69. The van der Waals surface area contributed by atoms with Gasteiger partial charge in [0, 0.05) is 13.1 Å². The number of aliphatic hydroxyl groups is 1. The molecule has 19 heavy (non-hydrogen) atoms. The zero-order valence-electron chi connectivity index (χ0n) is 11.6. The lowest BCUT2D eigenvalue weighted by Gasteiger charge is -2.35. The van der Waals surface area contributed by atoms with Crippen LogP contribution in [0, 0.1) is 11.8 Å².